The number of rotatable bonds is 4. The molecule has 0 aromatic heterocycles. The molecule has 1 aromatic carbocycles. The van der Waals surface area contributed by atoms with Gasteiger partial charge in [0.25, 0.3) is 0 Å². The van der Waals surface area contributed by atoms with Crippen LogP contribution in [0.15, 0.2) is 17.0 Å². The third-order valence-corrected chi connectivity index (χ3v) is 3.10. The van der Waals surface area contributed by atoms with Crippen LogP contribution in [0.4, 0.5) is 0 Å². The number of hydrogen-bond donors (Lipinski definition) is 0. The highest BCUT2D eigenvalue weighted by Gasteiger charge is 2.15. The Morgan fingerprint density at radius 3 is 2.69 bits per heavy atom. The molecule has 0 aliphatic carbocycles. The van der Waals surface area contributed by atoms with E-state index in [-0.39, 0.29) is 5.97 Å². The van der Waals surface area contributed by atoms with Crippen LogP contribution in [0.2, 0.25) is 0 Å². The molecular weight excluding hydrogens is 224 g/mol. The van der Waals surface area contributed by atoms with Crippen molar-refractivity contribution in [3.05, 3.63) is 28.8 Å². The van der Waals surface area contributed by atoms with E-state index in [1.165, 1.54) is 11.8 Å². The van der Waals surface area contributed by atoms with Crippen LogP contribution in [0.1, 0.15) is 33.2 Å². The summed E-state index contributed by atoms with van der Waals surface area (Å²) in [6.45, 7) is 3.85. The maximum Gasteiger partial charge on any atom is 0.338 e. The summed E-state index contributed by atoms with van der Waals surface area (Å²) in [5, 5.41) is 0. The summed E-state index contributed by atoms with van der Waals surface area (Å²) in [4.78, 5) is 23.4. The highest BCUT2D eigenvalue weighted by atomic mass is 32.2. The maximum atomic E-state index is 11.6. The summed E-state index contributed by atoms with van der Waals surface area (Å²) < 4.78 is 4.92. The molecular formula is C12H14O3S. The Morgan fingerprint density at radius 2 is 2.19 bits per heavy atom. The van der Waals surface area contributed by atoms with E-state index in [0.717, 1.165) is 11.2 Å². The molecule has 4 heteroatoms. The Hall–Kier alpha value is -1.29. The zero-order valence-corrected chi connectivity index (χ0v) is 10.4. The molecule has 0 fully saturated rings. The van der Waals surface area contributed by atoms with Gasteiger partial charge in [-0.25, -0.2) is 4.79 Å². The second kappa shape index (κ2) is 5.70. The van der Waals surface area contributed by atoms with E-state index < -0.39 is 0 Å². The topological polar surface area (TPSA) is 43.4 Å². The molecule has 0 heterocycles. The molecule has 0 aliphatic rings. The lowest BCUT2D eigenvalue weighted by molar-refractivity contribution is 0.0525. The average Bonchev–Trinajstić information content (AvgIpc) is 2.28. The van der Waals surface area contributed by atoms with Gasteiger partial charge in [0.2, 0.25) is 0 Å². The van der Waals surface area contributed by atoms with Crippen molar-refractivity contribution in [1.82, 2.24) is 0 Å². The highest BCUT2D eigenvalue weighted by molar-refractivity contribution is 7.98. The fourth-order valence-corrected chi connectivity index (χ4v) is 2.08. The third kappa shape index (κ3) is 2.44. The fraction of sp³-hybridized carbons (Fsp3) is 0.333. The molecule has 0 aliphatic heterocycles. The van der Waals surface area contributed by atoms with E-state index in [1.54, 1.807) is 26.0 Å². The number of aldehydes is 1. The minimum atomic E-state index is -0.379. The summed E-state index contributed by atoms with van der Waals surface area (Å²) in [7, 11) is 0. The van der Waals surface area contributed by atoms with Crippen LogP contribution in [0.25, 0.3) is 0 Å². The summed E-state index contributed by atoms with van der Waals surface area (Å²) in [6, 6.07) is 3.47. The molecule has 16 heavy (non-hydrogen) atoms. The molecule has 0 amide bonds. The lowest BCUT2D eigenvalue weighted by Gasteiger charge is -2.10. The number of benzene rings is 1. The first-order valence-corrected chi connectivity index (χ1v) is 6.18. The van der Waals surface area contributed by atoms with Gasteiger partial charge in [0, 0.05) is 10.5 Å². The molecule has 1 rings (SSSR count). The van der Waals surface area contributed by atoms with E-state index in [4.69, 9.17) is 4.74 Å². The quantitative estimate of drug-likeness (QED) is 0.459. The van der Waals surface area contributed by atoms with Gasteiger partial charge in [0.1, 0.15) is 0 Å². The van der Waals surface area contributed by atoms with Crippen LogP contribution in [-0.2, 0) is 4.74 Å². The van der Waals surface area contributed by atoms with Crippen molar-refractivity contribution in [3.8, 4) is 0 Å². The Kier molecular flexibility index (Phi) is 4.55. The number of carbonyl (C=O) groups excluding carboxylic acids is 2. The average molecular weight is 238 g/mol. The third-order valence-electron chi connectivity index (χ3n) is 2.31. The molecule has 1 aromatic rings. The molecule has 0 saturated carbocycles. The Morgan fingerprint density at radius 1 is 1.50 bits per heavy atom. The fourth-order valence-electron chi connectivity index (χ4n) is 1.46. The monoisotopic (exact) mass is 238 g/mol. The van der Waals surface area contributed by atoms with Crippen LogP contribution in [-0.4, -0.2) is 25.1 Å². The van der Waals surface area contributed by atoms with E-state index in [1.807, 2.05) is 6.26 Å². The first-order valence-electron chi connectivity index (χ1n) is 4.95. The SMILES string of the molecule is CCOC(=O)c1ccc(SC)c(C=O)c1C. The number of thioether (sulfide) groups is 1. The summed E-state index contributed by atoms with van der Waals surface area (Å²) in [5.74, 6) is -0.379. The van der Waals surface area contributed by atoms with E-state index in [2.05, 4.69) is 0 Å². The van der Waals surface area contributed by atoms with Gasteiger partial charge in [0.05, 0.1) is 12.2 Å². The normalized spacial score (nSPS) is 9.94. The highest BCUT2D eigenvalue weighted by Crippen LogP contribution is 2.24. The van der Waals surface area contributed by atoms with Crippen LogP contribution in [0, 0.1) is 6.92 Å². The summed E-state index contributed by atoms with van der Waals surface area (Å²) >= 11 is 1.48. The van der Waals surface area contributed by atoms with Crippen molar-refractivity contribution in [3.63, 3.8) is 0 Å². The van der Waals surface area contributed by atoms with Gasteiger partial charge >= 0.3 is 5.97 Å². The first-order chi connectivity index (χ1) is 7.65. The van der Waals surface area contributed by atoms with Gasteiger partial charge in [-0.2, -0.15) is 0 Å². The minimum Gasteiger partial charge on any atom is -0.462 e. The van der Waals surface area contributed by atoms with Crippen molar-refractivity contribution in [2.75, 3.05) is 12.9 Å². The molecule has 0 saturated heterocycles. The standard InChI is InChI=1S/C12H14O3S/c1-4-15-12(14)9-5-6-11(16-3)10(7-13)8(9)2/h5-7H,4H2,1-3H3. The van der Waals surface area contributed by atoms with Crippen LogP contribution >= 0.6 is 11.8 Å². The Labute approximate surface area is 99.2 Å². The number of ether oxygens (including phenoxy) is 1. The summed E-state index contributed by atoms with van der Waals surface area (Å²) in [5.41, 5.74) is 1.71. The molecule has 0 radical (unpaired) electrons. The molecule has 0 spiro atoms. The first kappa shape index (κ1) is 12.8. The van der Waals surface area contributed by atoms with Gasteiger partial charge in [-0.05, 0) is 37.8 Å². The zero-order valence-electron chi connectivity index (χ0n) is 9.57. The molecule has 3 nitrogen and oxygen atoms in total. The van der Waals surface area contributed by atoms with Crippen LogP contribution in [0.5, 0.6) is 0 Å². The number of carbonyl (C=O) groups is 2. The van der Waals surface area contributed by atoms with Crippen molar-refractivity contribution in [1.29, 1.82) is 0 Å². The number of hydrogen-bond acceptors (Lipinski definition) is 4. The molecule has 0 unspecified atom stereocenters. The Bertz CT molecular complexity index is 413. The van der Waals surface area contributed by atoms with Gasteiger partial charge in [0.15, 0.2) is 6.29 Å². The molecule has 0 bridgehead atoms. The zero-order chi connectivity index (χ0) is 12.1. The van der Waals surface area contributed by atoms with Gasteiger partial charge < -0.3 is 4.74 Å². The van der Waals surface area contributed by atoms with Crippen LogP contribution in [0.3, 0.4) is 0 Å². The Balaban J connectivity index is 3.23. The summed E-state index contributed by atoms with van der Waals surface area (Å²) in [6.07, 6.45) is 2.68. The second-order valence-electron chi connectivity index (χ2n) is 3.19. The van der Waals surface area contributed by atoms with Gasteiger partial charge in [-0.1, -0.05) is 0 Å². The minimum absolute atomic E-state index is 0.332. The molecule has 86 valence electrons. The predicted octanol–water partition coefficient (Wildman–Crippen LogP) is 2.71. The van der Waals surface area contributed by atoms with E-state index in [9.17, 15) is 9.59 Å². The van der Waals surface area contributed by atoms with E-state index in [0.29, 0.717) is 23.3 Å². The lowest BCUT2D eigenvalue weighted by Crippen LogP contribution is -2.08. The van der Waals surface area contributed by atoms with Crippen molar-refractivity contribution >= 4 is 24.0 Å². The van der Waals surface area contributed by atoms with Gasteiger partial charge in [-0.3, -0.25) is 4.79 Å². The molecule has 0 N–H and O–H groups in total. The lowest BCUT2D eigenvalue weighted by atomic mass is 10.0. The largest absolute Gasteiger partial charge is 0.462 e. The second-order valence-corrected chi connectivity index (χ2v) is 4.04. The van der Waals surface area contributed by atoms with Gasteiger partial charge in [-0.15, -0.1) is 11.8 Å². The molecule has 0 atom stereocenters. The van der Waals surface area contributed by atoms with Crippen molar-refractivity contribution in [2.24, 2.45) is 0 Å². The van der Waals surface area contributed by atoms with E-state index >= 15 is 0 Å². The number of esters is 1. The van der Waals surface area contributed by atoms with Crippen LogP contribution < -0.4 is 0 Å². The smallest absolute Gasteiger partial charge is 0.338 e. The predicted molar refractivity (Wildman–Crippen MR) is 64.3 cm³/mol. The van der Waals surface area contributed by atoms with Crippen molar-refractivity contribution in [2.45, 2.75) is 18.7 Å². The van der Waals surface area contributed by atoms with Crippen molar-refractivity contribution < 1.29 is 14.3 Å². The maximum absolute atomic E-state index is 11.6.